The Balaban J connectivity index is 1.51. The van der Waals surface area contributed by atoms with Crippen molar-refractivity contribution in [2.75, 3.05) is 26.4 Å². The van der Waals surface area contributed by atoms with Crippen LogP contribution in [0.5, 0.6) is 0 Å². The SMILES string of the molecule is Cc1ccc(CCNC(=O)COC[C@@H]2CCCCO2)s1. The van der Waals surface area contributed by atoms with Gasteiger partial charge >= 0.3 is 0 Å². The monoisotopic (exact) mass is 297 g/mol. The second-order valence-corrected chi connectivity index (χ2v) is 6.49. The van der Waals surface area contributed by atoms with E-state index in [2.05, 4.69) is 24.4 Å². The molecule has 2 heterocycles. The normalized spacial score (nSPS) is 18.9. The summed E-state index contributed by atoms with van der Waals surface area (Å²) < 4.78 is 11.0. The van der Waals surface area contributed by atoms with E-state index in [9.17, 15) is 4.79 Å². The van der Waals surface area contributed by atoms with Gasteiger partial charge in [0.05, 0.1) is 12.7 Å². The summed E-state index contributed by atoms with van der Waals surface area (Å²) in [6.07, 6.45) is 4.43. The maximum absolute atomic E-state index is 11.6. The van der Waals surface area contributed by atoms with E-state index in [1.54, 1.807) is 11.3 Å². The molecule has 0 bridgehead atoms. The minimum absolute atomic E-state index is 0.0471. The predicted octanol–water partition coefficient (Wildman–Crippen LogP) is 2.30. The Hall–Kier alpha value is -0.910. The van der Waals surface area contributed by atoms with Gasteiger partial charge < -0.3 is 14.8 Å². The third kappa shape index (κ3) is 5.61. The van der Waals surface area contributed by atoms with E-state index in [-0.39, 0.29) is 18.6 Å². The van der Waals surface area contributed by atoms with Gasteiger partial charge in [-0.2, -0.15) is 0 Å². The number of ether oxygens (including phenoxy) is 2. The first-order valence-electron chi connectivity index (χ1n) is 7.25. The fourth-order valence-corrected chi connectivity index (χ4v) is 3.11. The topological polar surface area (TPSA) is 47.6 Å². The molecule has 0 spiro atoms. The van der Waals surface area contributed by atoms with Crippen LogP contribution in [0, 0.1) is 6.92 Å². The van der Waals surface area contributed by atoms with E-state index in [0.29, 0.717) is 13.2 Å². The van der Waals surface area contributed by atoms with Crippen molar-refractivity contribution in [1.29, 1.82) is 0 Å². The summed E-state index contributed by atoms with van der Waals surface area (Å²) in [5.74, 6) is -0.0471. The van der Waals surface area contributed by atoms with Gasteiger partial charge in [-0.15, -0.1) is 11.3 Å². The molecule has 20 heavy (non-hydrogen) atoms. The minimum atomic E-state index is -0.0471. The van der Waals surface area contributed by atoms with Crippen LogP contribution in [0.4, 0.5) is 0 Å². The van der Waals surface area contributed by atoms with Crippen molar-refractivity contribution in [3.63, 3.8) is 0 Å². The third-order valence-electron chi connectivity index (χ3n) is 3.30. The number of aryl methyl sites for hydroxylation is 1. The first-order valence-corrected chi connectivity index (χ1v) is 8.07. The Morgan fingerprint density at radius 2 is 2.40 bits per heavy atom. The number of carbonyl (C=O) groups excluding carboxylic acids is 1. The summed E-state index contributed by atoms with van der Waals surface area (Å²) in [4.78, 5) is 14.2. The van der Waals surface area contributed by atoms with Crippen LogP contribution in [0.25, 0.3) is 0 Å². The molecule has 1 amide bonds. The zero-order chi connectivity index (χ0) is 14.2. The van der Waals surface area contributed by atoms with Crippen molar-refractivity contribution < 1.29 is 14.3 Å². The lowest BCUT2D eigenvalue weighted by Gasteiger charge is -2.22. The van der Waals surface area contributed by atoms with E-state index < -0.39 is 0 Å². The highest BCUT2D eigenvalue weighted by Gasteiger charge is 2.14. The predicted molar refractivity (Wildman–Crippen MR) is 80.2 cm³/mol. The van der Waals surface area contributed by atoms with Crippen molar-refractivity contribution >= 4 is 17.2 Å². The highest BCUT2D eigenvalue weighted by atomic mass is 32.1. The number of amides is 1. The highest BCUT2D eigenvalue weighted by Crippen LogP contribution is 2.15. The van der Waals surface area contributed by atoms with Crippen molar-refractivity contribution in [2.24, 2.45) is 0 Å². The molecule has 1 aliphatic heterocycles. The van der Waals surface area contributed by atoms with Gasteiger partial charge in [0.1, 0.15) is 6.61 Å². The maximum atomic E-state index is 11.6. The lowest BCUT2D eigenvalue weighted by atomic mass is 10.1. The smallest absolute Gasteiger partial charge is 0.246 e. The molecular weight excluding hydrogens is 274 g/mol. The average Bonchev–Trinajstić information content (AvgIpc) is 2.86. The third-order valence-corrected chi connectivity index (χ3v) is 4.36. The van der Waals surface area contributed by atoms with Gasteiger partial charge in [-0.3, -0.25) is 4.79 Å². The average molecular weight is 297 g/mol. The van der Waals surface area contributed by atoms with Gasteiger partial charge in [-0.1, -0.05) is 0 Å². The van der Waals surface area contributed by atoms with Gasteiger partial charge in [-0.05, 0) is 44.7 Å². The van der Waals surface area contributed by atoms with Crippen LogP contribution in [0.2, 0.25) is 0 Å². The summed E-state index contributed by atoms with van der Waals surface area (Å²) in [5.41, 5.74) is 0. The molecule has 5 heteroatoms. The van der Waals surface area contributed by atoms with Gasteiger partial charge in [0, 0.05) is 22.9 Å². The van der Waals surface area contributed by atoms with Crippen LogP contribution in [0.15, 0.2) is 12.1 Å². The van der Waals surface area contributed by atoms with Crippen molar-refractivity contribution in [3.05, 3.63) is 21.9 Å². The molecule has 1 atom stereocenters. The molecule has 1 saturated heterocycles. The second kappa shape index (κ2) is 8.39. The number of nitrogens with one attached hydrogen (secondary N) is 1. The number of carbonyl (C=O) groups is 1. The quantitative estimate of drug-likeness (QED) is 0.840. The fourth-order valence-electron chi connectivity index (χ4n) is 2.22. The molecular formula is C15H23NO3S. The standard InChI is InChI=1S/C15H23NO3S/c1-12-5-6-14(20-12)7-8-16-15(17)11-18-10-13-4-2-3-9-19-13/h5-6,13H,2-4,7-11H2,1H3,(H,16,17)/t13-/m0/s1. The Labute approximate surface area is 124 Å². The van der Waals surface area contributed by atoms with Crippen LogP contribution in [-0.4, -0.2) is 38.4 Å². The van der Waals surface area contributed by atoms with Crippen molar-refractivity contribution in [1.82, 2.24) is 5.32 Å². The molecule has 1 aromatic rings. The van der Waals surface area contributed by atoms with Crippen LogP contribution >= 0.6 is 11.3 Å². The number of rotatable bonds is 7. The van der Waals surface area contributed by atoms with Crippen LogP contribution in [-0.2, 0) is 20.7 Å². The van der Waals surface area contributed by atoms with Crippen molar-refractivity contribution in [2.45, 2.75) is 38.7 Å². The summed E-state index contributed by atoms with van der Waals surface area (Å²) >= 11 is 1.78. The summed E-state index contributed by atoms with van der Waals surface area (Å²) in [6.45, 7) is 4.23. The molecule has 0 radical (unpaired) electrons. The molecule has 112 valence electrons. The first kappa shape index (κ1) is 15.5. The summed E-state index contributed by atoms with van der Waals surface area (Å²) in [6, 6.07) is 4.22. The molecule has 4 nitrogen and oxygen atoms in total. The van der Waals surface area contributed by atoms with Crippen molar-refractivity contribution in [3.8, 4) is 0 Å². The van der Waals surface area contributed by atoms with E-state index in [1.165, 1.54) is 16.2 Å². The summed E-state index contributed by atoms with van der Waals surface area (Å²) in [5, 5.41) is 2.88. The Morgan fingerprint density at radius 3 is 3.10 bits per heavy atom. The molecule has 0 aliphatic carbocycles. The zero-order valence-electron chi connectivity index (χ0n) is 12.0. The largest absolute Gasteiger partial charge is 0.376 e. The van der Waals surface area contributed by atoms with Crippen LogP contribution < -0.4 is 5.32 Å². The van der Waals surface area contributed by atoms with Gasteiger partial charge in [0.2, 0.25) is 5.91 Å². The Kier molecular flexibility index (Phi) is 6.50. The minimum Gasteiger partial charge on any atom is -0.376 e. The molecule has 0 aromatic carbocycles. The molecule has 1 fully saturated rings. The number of hydrogen-bond donors (Lipinski definition) is 1. The molecule has 0 saturated carbocycles. The van der Waals surface area contributed by atoms with E-state index in [0.717, 1.165) is 25.9 Å². The zero-order valence-corrected chi connectivity index (χ0v) is 12.8. The number of hydrogen-bond acceptors (Lipinski definition) is 4. The molecule has 0 unspecified atom stereocenters. The highest BCUT2D eigenvalue weighted by molar-refractivity contribution is 7.11. The second-order valence-electron chi connectivity index (χ2n) is 5.12. The van der Waals surface area contributed by atoms with E-state index in [1.807, 2.05) is 0 Å². The first-order chi connectivity index (χ1) is 9.74. The fraction of sp³-hybridized carbons (Fsp3) is 0.667. The molecule has 1 aliphatic rings. The molecule has 1 N–H and O–H groups in total. The van der Waals surface area contributed by atoms with Gasteiger partial charge in [0.15, 0.2) is 0 Å². The lowest BCUT2D eigenvalue weighted by molar-refractivity contribution is -0.127. The Morgan fingerprint density at radius 1 is 1.50 bits per heavy atom. The lowest BCUT2D eigenvalue weighted by Crippen LogP contribution is -2.31. The van der Waals surface area contributed by atoms with Crippen LogP contribution in [0.1, 0.15) is 29.0 Å². The van der Waals surface area contributed by atoms with E-state index in [4.69, 9.17) is 9.47 Å². The Bertz CT molecular complexity index is 413. The van der Waals surface area contributed by atoms with Gasteiger partial charge in [0.25, 0.3) is 0 Å². The molecule has 1 aromatic heterocycles. The number of thiophene rings is 1. The van der Waals surface area contributed by atoms with Gasteiger partial charge in [-0.25, -0.2) is 0 Å². The van der Waals surface area contributed by atoms with Crippen LogP contribution in [0.3, 0.4) is 0 Å². The maximum Gasteiger partial charge on any atom is 0.246 e. The van der Waals surface area contributed by atoms with E-state index >= 15 is 0 Å². The summed E-state index contributed by atoms with van der Waals surface area (Å²) in [7, 11) is 0. The molecule has 2 rings (SSSR count).